The van der Waals surface area contributed by atoms with Crippen molar-refractivity contribution in [1.82, 2.24) is 9.88 Å². The van der Waals surface area contributed by atoms with Crippen molar-refractivity contribution in [2.45, 2.75) is 6.92 Å². The summed E-state index contributed by atoms with van der Waals surface area (Å²) in [5.41, 5.74) is 2.09. The van der Waals surface area contributed by atoms with Crippen LogP contribution in [0.5, 0.6) is 5.75 Å². The van der Waals surface area contributed by atoms with Crippen LogP contribution in [0.1, 0.15) is 12.5 Å². The molecule has 9 nitrogen and oxygen atoms in total. The summed E-state index contributed by atoms with van der Waals surface area (Å²) in [5.74, 6) is -0.732. The Morgan fingerprint density at radius 2 is 2.00 bits per heavy atom. The third kappa shape index (κ3) is 5.83. The van der Waals surface area contributed by atoms with Gasteiger partial charge >= 0.3 is 0 Å². The Balaban J connectivity index is 2.08. The SMILES string of the molecule is CC=C(C(=O)Nc1cc2c(Nc3ccc(F)c(Cl)c3)c(C#N)cnc2cc1OC)N(CCO)CCO. The lowest BCUT2D eigenvalue weighted by molar-refractivity contribution is -0.114. The number of methoxy groups -OCH3 is 1. The second-order valence-corrected chi connectivity index (χ2v) is 7.95. The van der Waals surface area contributed by atoms with Crippen LogP contribution < -0.4 is 15.4 Å². The van der Waals surface area contributed by atoms with Crippen molar-refractivity contribution in [3.63, 3.8) is 0 Å². The number of nitrogens with zero attached hydrogens (tertiary/aromatic N) is 3. The fraction of sp³-hybridized carbons (Fsp3) is 0.240. The summed E-state index contributed by atoms with van der Waals surface area (Å²) in [7, 11) is 1.44. The Hall–Kier alpha value is -3.91. The molecule has 0 unspecified atom stereocenters. The first kappa shape index (κ1) is 26.7. The number of aliphatic hydroxyl groups excluding tert-OH is 2. The first-order valence-corrected chi connectivity index (χ1v) is 11.3. The molecular weight excluding hydrogens is 489 g/mol. The Morgan fingerprint density at radius 3 is 2.58 bits per heavy atom. The zero-order valence-electron chi connectivity index (χ0n) is 19.7. The van der Waals surface area contributed by atoms with Crippen molar-refractivity contribution < 1.29 is 24.1 Å². The van der Waals surface area contributed by atoms with Crippen LogP contribution in [0.2, 0.25) is 5.02 Å². The van der Waals surface area contributed by atoms with Gasteiger partial charge in [0.15, 0.2) is 0 Å². The van der Waals surface area contributed by atoms with E-state index in [9.17, 15) is 24.7 Å². The summed E-state index contributed by atoms with van der Waals surface area (Å²) in [5, 5.41) is 34.7. The summed E-state index contributed by atoms with van der Waals surface area (Å²) in [6.07, 6.45) is 2.97. The third-order valence-electron chi connectivity index (χ3n) is 5.33. The van der Waals surface area contributed by atoms with Crippen molar-refractivity contribution >= 4 is 45.5 Å². The average molecular weight is 514 g/mol. The Bertz CT molecular complexity index is 1340. The van der Waals surface area contributed by atoms with E-state index in [1.807, 2.05) is 0 Å². The van der Waals surface area contributed by atoms with Gasteiger partial charge in [-0.15, -0.1) is 0 Å². The lowest BCUT2D eigenvalue weighted by Crippen LogP contribution is -2.35. The molecule has 0 saturated heterocycles. The lowest BCUT2D eigenvalue weighted by Gasteiger charge is -2.25. The van der Waals surface area contributed by atoms with Gasteiger partial charge in [0.2, 0.25) is 0 Å². The number of benzene rings is 2. The highest BCUT2D eigenvalue weighted by Gasteiger charge is 2.20. The molecule has 2 aromatic carbocycles. The van der Waals surface area contributed by atoms with E-state index in [4.69, 9.17) is 16.3 Å². The van der Waals surface area contributed by atoms with E-state index in [0.717, 1.165) is 0 Å². The van der Waals surface area contributed by atoms with Gasteiger partial charge in [0, 0.05) is 36.4 Å². The summed E-state index contributed by atoms with van der Waals surface area (Å²) in [6.45, 7) is 1.59. The van der Waals surface area contributed by atoms with Crippen LogP contribution in [-0.4, -0.2) is 59.4 Å². The Morgan fingerprint density at radius 1 is 1.28 bits per heavy atom. The van der Waals surface area contributed by atoms with Gasteiger partial charge in [-0.1, -0.05) is 17.7 Å². The van der Waals surface area contributed by atoms with Gasteiger partial charge in [0.1, 0.15) is 17.6 Å². The molecule has 0 saturated carbocycles. The molecule has 0 aliphatic carbocycles. The quantitative estimate of drug-likeness (QED) is 0.301. The first-order valence-electron chi connectivity index (χ1n) is 10.9. The molecule has 0 aliphatic rings. The molecule has 1 aromatic heterocycles. The predicted octanol–water partition coefficient (Wildman–Crippen LogP) is 3.78. The smallest absolute Gasteiger partial charge is 0.271 e. The number of aliphatic hydroxyl groups is 2. The lowest BCUT2D eigenvalue weighted by atomic mass is 10.1. The van der Waals surface area contributed by atoms with E-state index < -0.39 is 11.7 Å². The molecule has 0 fully saturated rings. The highest BCUT2D eigenvalue weighted by Crippen LogP contribution is 2.36. The number of nitrogens with one attached hydrogen (secondary N) is 2. The average Bonchev–Trinajstić information content (AvgIpc) is 2.87. The summed E-state index contributed by atoms with van der Waals surface area (Å²) in [6, 6.07) is 9.39. The van der Waals surface area contributed by atoms with Crippen molar-refractivity contribution in [3.05, 3.63) is 64.7 Å². The number of carbonyl (C=O) groups excluding carboxylic acids is 1. The number of hydrogen-bond acceptors (Lipinski definition) is 8. The second kappa shape index (κ2) is 12.2. The number of anilines is 3. The Labute approximate surface area is 212 Å². The van der Waals surface area contributed by atoms with Gasteiger partial charge in [-0.2, -0.15) is 5.26 Å². The molecule has 0 spiro atoms. The molecule has 11 heteroatoms. The number of hydrogen-bond donors (Lipinski definition) is 4. The molecule has 0 aliphatic heterocycles. The number of aromatic nitrogens is 1. The molecule has 0 radical (unpaired) electrons. The summed E-state index contributed by atoms with van der Waals surface area (Å²) < 4.78 is 19.1. The number of carbonyl (C=O) groups is 1. The Kier molecular flexibility index (Phi) is 9.02. The van der Waals surface area contributed by atoms with E-state index in [1.165, 1.54) is 31.5 Å². The third-order valence-corrected chi connectivity index (χ3v) is 5.62. The van der Waals surface area contributed by atoms with Crippen LogP contribution >= 0.6 is 11.6 Å². The number of halogens is 2. The highest BCUT2D eigenvalue weighted by molar-refractivity contribution is 6.31. The fourth-order valence-corrected chi connectivity index (χ4v) is 3.84. The number of nitriles is 1. The van der Waals surface area contributed by atoms with Gasteiger partial charge in [-0.05, 0) is 31.2 Å². The zero-order chi connectivity index (χ0) is 26.2. The number of fused-ring (bicyclic) bond motifs is 1. The highest BCUT2D eigenvalue weighted by atomic mass is 35.5. The van der Waals surface area contributed by atoms with Crippen LogP contribution in [0.15, 0.2) is 48.3 Å². The molecule has 4 N–H and O–H groups in total. The minimum Gasteiger partial charge on any atom is -0.494 e. The van der Waals surface area contributed by atoms with Crippen LogP contribution in [0.25, 0.3) is 10.9 Å². The number of ether oxygens (including phenoxy) is 1. The standard InChI is InChI=1S/C25H25ClFN5O4/c1-3-22(32(6-8-33)7-9-34)25(35)31-21-11-17-20(12-23(21)36-2)29-14-15(13-28)24(17)30-16-4-5-19(27)18(26)10-16/h3-5,10-12,14,33-34H,6-9H2,1-2H3,(H,29,30)(H,31,35). The molecule has 188 valence electrons. The van der Waals surface area contributed by atoms with E-state index >= 15 is 0 Å². The maximum absolute atomic E-state index is 13.6. The molecule has 3 rings (SSSR count). The number of rotatable bonds is 10. The summed E-state index contributed by atoms with van der Waals surface area (Å²) >= 11 is 5.91. The van der Waals surface area contributed by atoms with Gasteiger partial charge < -0.3 is 30.5 Å². The topological polar surface area (TPSA) is 131 Å². The first-order chi connectivity index (χ1) is 17.4. The maximum Gasteiger partial charge on any atom is 0.271 e. The minimum absolute atomic E-state index is 0.0827. The van der Waals surface area contributed by atoms with Crippen LogP contribution in [-0.2, 0) is 4.79 Å². The number of amides is 1. The second-order valence-electron chi connectivity index (χ2n) is 7.54. The molecule has 0 atom stereocenters. The molecule has 36 heavy (non-hydrogen) atoms. The summed E-state index contributed by atoms with van der Waals surface area (Å²) in [4.78, 5) is 19.0. The van der Waals surface area contributed by atoms with Gasteiger partial charge in [-0.25, -0.2) is 4.39 Å². The molecule has 1 heterocycles. The van der Waals surface area contributed by atoms with Crippen molar-refractivity contribution in [2.24, 2.45) is 0 Å². The van der Waals surface area contributed by atoms with Gasteiger partial charge in [-0.3, -0.25) is 9.78 Å². The van der Waals surface area contributed by atoms with Crippen molar-refractivity contribution in [2.75, 3.05) is 44.0 Å². The molecule has 3 aromatic rings. The number of pyridine rings is 1. The molecular formula is C25H25ClFN5O4. The van der Waals surface area contributed by atoms with Gasteiger partial charge in [0.25, 0.3) is 5.91 Å². The van der Waals surface area contributed by atoms with E-state index in [2.05, 4.69) is 21.7 Å². The fourth-order valence-electron chi connectivity index (χ4n) is 3.66. The van der Waals surface area contributed by atoms with Gasteiger partial charge in [0.05, 0.1) is 53.5 Å². The maximum atomic E-state index is 13.6. The molecule has 1 amide bonds. The van der Waals surface area contributed by atoms with Crippen molar-refractivity contribution in [1.29, 1.82) is 5.26 Å². The monoisotopic (exact) mass is 513 g/mol. The normalized spacial score (nSPS) is 11.2. The van der Waals surface area contributed by atoms with Crippen LogP contribution in [0.4, 0.5) is 21.5 Å². The van der Waals surface area contributed by atoms with E-state index in [0.29, 0.717) is 33.7 Å². The number of allylic oxidation sites excluding steroid dienone is 1. The van der Waals surface area contributed by atoms with E-state index in [-0.39, 0.29) is 42.6 Å². The van der Waals surface area contributed by atoms with Crippen LogP contribution in [0, 0.1) is 17.1 Å². The molecule has 0 bridgehead atoms. The zero-order valence-corrected chi connectivity index (χ0v) is 20.4. The largest absolute Gasteiger partial charge is 0.494 e. The van der Waals surface area contributed by atoms with Crippen molar-refractivity contribution in [3.8, 4) is 11.8 Å². The minimum atomic E-state index is -0.576. The predicted molar refractivity (Wildman–Crippen MR) is 136 cm³/mol. The van der Waals surface area contributed by atoms with Crippen LogP contribution in [0.3, 0.4) is 0 Å². The van der Waals surface area contributed by atoms with E-state index in [1.54, 1.807) is 30.0 Å².